The smallest absolute Gasteiger partial charge is 0.247 e. The molecule has 1 saturated heterocycles. The van der Waals surface area contributed by atoms with Crippen molar-refractivity contribution in [1.82, 2.24) is 15.1 Å². The van der Waals surface area contributed by atoms with Crippen molar-refractivity contribution in [3.8, 4) is 17.2 Å². The fourth-order valence-corrected chi connectivity index (χ4v) is 3.97. The van der Waals surface area contributed by atoms with Crippen molar-refractivity contribution in [2.45, 2.75) is 32.4 Å². The molecule has 0 aliphatic carbocycles. The van der Waals surface area contributed by atoms with E-state index < -0.39 is 0 Å². The van der Waals surface area contributed by atoms with Gasteiger partial charge in [0.1, 0.15) is 5.75 Å². The molecule has 2 aromatic carbocycles. The Bertz CT molecular complexity index is 894. The molecular formula is C21H22BrN3O2. The van der Waals surface area contributed by atoms with Gasteiger partial charge in [-0.25, -0.2) is 0 Å². The van der Waals surface area contributed by atoms with Gasteiger partial charge in [-0.05, 0) is 62.2 Å². The molecule has 27 heavy (non-hydrogen) atoms. The second-order valence-corrected chi connectivity index (χ2v) is 7.56. The maximum atomic E-state index is 5.92. The van der Waals surface area contributed by atoms with Crippen LogP contribution in [-0.2, 0) is 6.54 Å². The van der Waals surface area contributed by atoms with Crippen LogP contribution < -0.4 is 4.74 Å². The zero-order chi connectivity index (χ0) is 18.6. The van der Waals surface area contributed by atoms with Gasteiger partial charge in [-0.2, -0.15) is 0 Å². The van der Waals surface area contributed by atoms with Gasteiger partial charge >= 0.3 is 0 Å². The van der Waals surface area contributed by atoms with Crippen LogP contribution in [0.1, 0.15) is 37.3 Å². The molecule has 1 aliphatic heterocycles. The summed E-state index contributed by atoms with van der Waals surface area (Å²) in [6, 6.07) is 16.7. The average molecular weight is 428 g/mol. The highest BCUT2D eigenvalue weighted by molar-refractivity contribution is 9.10. The number of hydrogen-bond acceptors (Lipinski definition) is 5. The number of nitrogens with zero attached hydrogens (tertiary/aromatic N) is 3. The maximum absolute atomic E-state index is 5.92. The number of likely N-dealkylation sites (tertiary alicyclic amines) is 1. The molecule has 0 radical (unpaired) electrons. The summed E-state index contributed by atoms with van der Waals surface area (Å²) >= 11 is 3.48. The van der Waals surface area contributed by atoms with Gasteiger partial charge in [-0.3, -0.25) is 4.90 Å². The lowest BCUT2D eigenvalue weighted by Crippen LogP contribution is -2.22. The van der Waals surface area contributed by atoms with Crippen LogP contribution in [-0.4, -0.2) is 28.2 Å². The third-order valence-corrected chi connectivity index (χ3v) is 5.31. The first-order chi connectivity index (χ1) is 13.2. The fourth-order valence-electron chi connectivity index (χ4n) is 3.58. The highest BCUT2D eigenvalue weighted by atomic mass is 79.9. The highest BCUT2D eigenvalue weighted by Gasteiger charge is 2.27. The molecule has 0 spiro atoms. The lowest BCUT2D eigenvalue weighted by atomic mass is 10.0. The lowest BCUT2D eigenvalue weighted by molar-refractivity contribution is 0.224. The van der Waals surface area contributed by atoms with E-state index >= 15 is 0 Å². The SMILES string of the molecule is CCOc1ccc(C2CCCN2Cc2nnc(-c3cccc(Br)c3)o2)cc1. The van der Waals surface area contributed by atoms with Crippen LogP contribution in [0.15, 0.2) is 57.4 Å². The second-order valence-electron chi connectivity index (χ2n) is 6.64. The molecule has 0 N–H and O–H groups in total. The largest absolute Gasteiger partial charge is 0.494 e. The van der Waals surface area contributed by atoms with Crippen molar-refractivity contribution < 1.29 is 9.15 Å². The minimum atomic E-state index is 0.377. The summed E-state index contributed by atoms with van der Waals surface area (Å²) in [6.45, 7) is 4.39. The van der Waals surface area contributed by atoms with Crippen molar-refractivity contribution in [1.29, 1.82) is 0 Å². The Kier molecular flexibility index (Phi) is 5.55. The zero-order valence-corrected chi connectivity index (χ0v) is 16.9. The van der Waals surface area contributed by atoms with E-state index in [1.54, 1.807) is 0 Å². The summed E-state index contributed by atoms with van der Waals surface area (Å²) in [5, 5.41) is 8.48. The van der Waals surface area contributed by atoms with Crippen LogP contribution in [0.4, 0.5) is 0 Å². The Hall–Kier alpha value is -2.18. The Morgan fingerprint density at radius 2 is 2.04 bits per heavy atom. The van der Waals surface area contributed by atoms with Gasteiger partial charge in [0.15, 0.2) is 0 Å². The topological polar surface area (TPSA) is 51.4 Å². The summed E-state index contributed by atoms with van der Waals surface area (Å²) in [6.07, 6.45) is 2.31. The van der Waals surface area contributed by atoms with E-state index in [0.717, 1.165) is 28.8 Å². The molecule has 1 atom stereocenters. The molecule has 0 amide bonds. The van der Waals surface area contributed by atoms with Crippen molar-refractivity contribution in [2.24, 2.45) is 0 Å². The Morgan fingerprint density at radius 3 is 2.81 bits per heavy atom. The maximum Gasteiger partial charge on any atom is 0.247 e. The molecule has 0 saturated carbocycles. The average Bonchev–Trinajstić information content (AvgIpc) is 3.33. The van der Waals surface area contributed by atoms with E-state index in [1.165, 1.54) is 12.0 Å². The predicted molar refractivity (Wildman–Crippen MR) is 107 cm³/mol. The number of aromatic nitrogens is 2. The number of halogens is 1. The third kappa shape index (κ3) is 4.22. The van der Waals surface area contributed by atoms with Gasteiger partial charge in [-0.15, -0.1) is 10.2 Å². The molecule has 5 nitrogen and oxygen atoms in total. The van der Waals surface area contributed by atoms with Crippen LogP contribution in [0.25, 0.3) is 11.5 Å². The first-order valence-electron chi connectivity index (χ1n) is 9.28. The first kappa shape index (κ1) is 18.2. The first-order valence-corrected chi connectivity index (χ1v) is 10.1. The quantitative estimate of drug-likeness (QED) is 0.538. The summed E-state index contributed by atoms with van der Waals surface area (Å²) in [4.78, 5) is 2.41. The van der Waals surface area contributed by atoms with E-state index in [1.807, 2.05) is 43.3 Å². The van der Waals surface area contributed by atoms with Gasteiger partial charge in [0.05, 0.1) is 13.2 Å². The minimum Gasteiger partial charge on any atom is -0.494 e. The van der Waals surface area contributed by atoms with Gasteiger partial charge in [0.25, 0.3) is 0 Å². The van der Waals surface area contributed by atoms with E-state index in [4.69, 9.17) is 9.15 Å². The lowest BCUT2D eigenvalue weighted by Gasteiger charge is -2.23. The van der Waals surface area contributed by atoms with Crippen LogP contribution in [0.3, 0.4) is 0 Å². The molecule has 140 valence electrons. The normalized spacial score (nSPS) is 17.3. The molecule has 1 fully saturated rings. The van der Waals surface area contributed by atoms with E-state index in [-0.39, 0.29) is 0 Å². The molecule has 6 heteroatoms. The molecule has 1 aromatic heterocycles. The molecule has 1 aliphatic rings. The Morgan fingerprint density at radius 1 is 1.19 bits per heavy atom. The van der Waals surface area contributed by atoms with E-state index in [2.05, 4.69) is 43.2 Å². The predicted octanol–water partition coefficient (Wildman–Crippen LogP) is 5.23. The third-order valence-electron chi connectivity index (χ3n) is 4.82. The van der Waals surface area contributed by atoms with Crippen LogP contribution in [0, 0.1) is 0 Å². The summed E-state index contributed by atoms with van der Waals surface area (Å²) in [7, 11) is 0. The molecular weight excluding hydrogens is 406 g/mol. The van der Waals surface area contributed by atoms with Crippen LogP contribution >= 0.6 is 15.9 Å². The van der Waals surface area contributed by atoms with E-state index in [0.29, 0.717) is 31.0 Å². The highest BCUT2D eigenvalue weighted by Crippen LogP contribution is 2.34. The molecule has 1 unspecified atom stereocenters. The van der Waals surface area contributed by atoms with Crippen LogP contribution in [0.2, 0.25) is 0 Å². The zero-order valence-electron chi connectivity index (χ0n) is 15.3. The van der Waals surface area contributed by atoms with Crippen molar-refractivity contribution in [3.63, 3.8) is 0 Å². The molecule has 2 heterocycles. The number of hydrogen-bond donors (Lipinski definition) is 0. The van der Waals surface area contributed by atoms with Crippen molar-refractivity contribution >= 4 is 15.9 Å². The van der Waals surface area contributed by atoms with Gasteiger partial charge < -0.3 is 9.15 Å². The fraction of sp³-hybridized carbons (Fsp3) is 0.333. The molecule has 3 aromatic rings. The minimum absolute atomic E-state index is 0.377. The summed E-state index contributed by atoms with van der Waals surface area (Å²) < 4.78 is 12.5. The molecule has 0 bridgehead atoms. The number of benzene rings is 2. The monoisotopic (exact) mass is 427 g/mol. The summed E-state index contributed by atoms with van der Waals surface area (Å²) in [5.41, 5.74) is 2.23. The second kappa shape index (κ2) is 8.23. The van der Waals surface area contributed by atoms with Gasteiger partial charge in [0, 0.05) is 16.1 Å². The standard InChI is InChI=1S/C21H22BrN3O2/c1-2-26-18-10-8-15(9-11-18)19-7-4-12-25(19)14-20-23-24-21(27-20)16-5-3-6-17(22)13-16/h3,5-6,8-11,13,19H,2,4,7,12,14H2,1H3. The van der Waals surface area contributed by atoms with Crippen molar-refractivity contribution in [3.05, 3.63) is 64.5 Å². The van der Waals surface area contributed by atoms with Gasteiger partial charge in [-0.1, -0.05) is 34.1 Å². The van der Waals surface area contributed by atoms with Crippen LogP contribution in [0.5, 0.6) is 5.75 Å². The molecule has 4 rings (SSSR count). The Balaban J connectivity index is 1.47. The van der Waals surface area contributed by atoms with E-state index in [9.17, 15) is 0 Å². The van der Waals surface area contributed by atoms with Crippen molar-refractivity contribution in [2.75, 3.05) is 13.2 Å². The number of rotatable bonds is 6. The Labute approximate surface area is 167 Å². The number of ether oxygens (including phenoxy) is 1. The van der Waals surface area contributed by atoms with Gasteiger partial charge in [0.2, 0.25) is 11.8 Å². The summed E-state index contributed by atoms with van der Waals surface area (Å²) in [5.74, 6) is 2.13.